The van der Waals surface area contributed by atoms with Crippen molar-refractivity contribution < 1.29 is 0 Å². The van der Waals surface area contributed by atoms with E-state index in [0.29, 0.717) is 0 Å². The van der Waals surface area contributed by atoms with E-state index in [1.54, 1.807) is 0 Å². The Labute approximate surface area is 297 Å². The van der Waals surface area contributed by atoms with E-state index in [2.05, 4.69) is 192 Å². The van der Waals surface area contributed by atoms with Crippen LogP contribution in [0.25, 0.3) is 82.6 Å². The van der Waals surface area contributed by atoms with Crippen LogP contribution < -0.4 is 0 Å². The summed E-state index contributed by atoms with van der Waals surface area (Å²) in [4.78, 5) is 4.67. The summed E-state index contributed by atoms with van der Waals surface area (Å²) in [6, 6.07) is 64.2. The van der Waals surface area contributed by atoms with Crippen molar-refractivity contribution in [3.63, 3.8) is 0 Å². The molecule has 0 bridgehead atoms. The molecule has 0 saturated carbocycles. The van der Waals surface area contributed by atoms with Gasteiger partial charge in [0.15, 0.2) is 0 Å². The molecule has 0 radical (unpaired) electrons. The highest BCUT2D eigenvalue weighted by atomic mass is 15.0. The third kappa shape index (κ3) is 4.91. The molecule has 51 heavy (non-hydrogen) atoms. The predicted octanol–water partition coefficient (Wildman–Crippen LogP) is 12.6. The van der Waals surface area contributed by atoms with Gasteiger partial charge in [0.05, 0.1) is 5.52 Å². The average molecular weight is 651 g/mol. The first-order valence-corrected chi connectivity index (χ1v) is 17.7. The SMILES string of the molecule is C1=NCCc2c1c1cc(-c3ccc(-c4ccc5c(-c6ccccc6)c6ccccc6c(-c6ccccc6)c5c4)cc3)ccc1n2-c1ccccc1. The summed E-state index contributed by atoms with van der Waals surface area (Å²) in [6.07, 6.45) is 3.02. The largest absolute Gasteiger partial charge is 0.313 e. The van der Waals surface area contributed by atoms with Gasteiger partial charge in [-0.1, -0.05) is 146 Å². The number of fused-ring (bicyclic) bond motifs is 5. The van der Waals surface area contributed by atoms with E-state index in [0.717, 1.165) is 13.0 Å². The molecule has 2 heterocycles. The van der Waals surface area contributed by atoms with Gasteiger partial charge < -0.3 is 4.57 Å². The van der Waals surface area contributed by atoms with Crippen molar-refractivity contribution in [2.75, 3.05) is 6.54 Å². The van der Waals surface area contributed by atoms with Crippen LogP contribution in [0, 0.1) is 0 Å². The molecule has 0 saturated heterocycles. The second-order valence-electron chi connectivity index (χ2n) is 13.4. The number of aliphatic imine (C=N–C) groups is 1. The standard InChI is InChI=1S/C49H34N2/c1-4-12-35(13-5-1)48-40-18-10-11-19-41(40)49(36-14-6-2-7-15-36)44-31-37(24-26-42(44)48)33-20-22-34(23-21-33)38-25-27-46-43(30-38)45-32-50-29-28-47(45)51(46)39-16-8-3-9-17-39/h1-27,30-32H,28-29H2. The fraction of sp³-hybridized carbons (Fsp3) is 0.0408. The third-order valence-electron chi connectivity index (χ3n) is 10.5. The molecule has 2 nitrogen and oxygen atoms in total. The van der Waals surface area contributed by atoms with E-state index >= 15 is 0 Å². The first-order valence-electron chi connectivity index (χ1n) is 17.7. The molecule has 9 aromatic rings. The Morgan fingerprint density at radius 3 is 1.51 bits per heavy atom. The van der Waals surface area contributed by atoms with Crippen molar-refractivity contribution in [2.24, 2.45) is 4.99 Å². The molecular weight excluding hydrogens is 617 g/mol. The van der Waals surface area contributed by atoms with Gasteiger partial charge in [0, 0.05) is 41.5 Å². The molecule has 1 aliphatic rings. The average Bonchev–Trinajstić information content (AvgIpc) is 3.54. The highest BCUT2D eigenvalue weighted by Gasteiger charge is 2.20. The molecule has 1 aliphatic heterocycles. The van der Waals surface area contributed by atoms with Crippen LogP contribution >= 0.6 is 0 Å². The third-order valence-corrected chi connectivity index (χ3v) is 10.5. The smallest absolute Gasteiger partial charge is 0.0538 e. The molecule has 2 heteroatoms. The number of rotatable bonds is 5. The molecule has 0 N–H and O–H groups in total. The number of para-hydroxylation sites is 1. The fourth-order valence-electron chi connectivity index (χ4n) is 8.18. The van der Waals surface area contributed by atoms with E-state index in [1.807, 2.05) is 0 Å². The molecule has 10 rings (SSSR count). The van der Waals surface area contributed by atoms with Crippen molar-refractivity contribution in [1.29, 1.82) is 0 Å². The highest BCUT2D eigenvalue weighted by molar-refractivity contribution is 6.22. The maximum absolute atomic E-state index is 4.67. The van der Waals surface area contributed by atoms with Crippen LogP contribution in [0.15, 0.2) is 181 Å². The minimum absolute atomic E-state index is 0.829. The monoisotopic (exact) mass is 650 g/mol. The van der Waals surface area contributed by atoms with E-state index in [9.17, 15) is 0 Å². The molecule has 0 aliphatic carbocycles. The number of hydrogen-bond acceptors (Lipinski definition) is 1. The van der Waals surface area contributed by atoms with Gasteiger partial charge in [-0.15, -0.1) is 0 Å². The van der Waals surface area contributed by atoms with Gasteiger partial charge >= 0.3 is 0 Å². The van der Waals surface area contributed by atoms with Gasteiger partial charge in [-0.2, -0.15) is 0 Å². The van der Waals surface area contributed by atoms with Crippen molar-refractivity contribution >= 4 is 38.7 Å². The Balaban J connectivity index is 1.10. The van der Waals surface area contributed by atoms with Crippen molar-refractivity contribution in [3.8, 4) is 50.2 Å². The summed E-state index contributed by atoms with van der Waals surface area (Å²) in [7, 11) is 0. The zero-order valence-corrected chi connectivity index (χ0v) is 28.1. The first-order chi connectivity index (χ1) is 25.3. The number of hydrogen-bond donors (Lipinski definition) is 0. The van der Waals surface area contributed by atoms with Crippen LogP contribution in [0.4, 0.5) is 0 Å². The lowest BCUT2D eigenvalue weighted by molar-refractivity contribution is 0.875. The highest BCUT2D eigenvalue weighted by Crippen LogP contribution is 2.45. The molecule has 0 amide bonds. The van der Waals surface area contributed by atoms with Gasteiger partial charge in [0.25, 0.3) is 0 Å². The van der Waals surface area contributed by atoms with E-state index in [1.165, 1.54) is 93.9 Å². The summed E-state index contributed by atoms with van der Waals surface area (Å²) < 4.78 is 2.42. The fourth-order valence-corrected chi connectivity index (χ4v) is 8.18. The van der Waals surface area contributed by atoms with Gasteiger partial charge in [0.1, 0.15) is 0 Å². The van der Waals surface area contributed by atoms with Gasteiger partial charge in [-0.05, 0) is 96.4 Å². The Bertz CT molecular complexity index is 2760. The molecule has 0 fully saturated rings. The molecule has 1 aromatic heterocycles. The summed E-state index contributed by atoms with van der Waals surface area (Å²) >= 11 is 0. The Kier molecular flexibility index (Phi) is 6.99. The predicted molar refractivity (Wildman–Crippen MR) is 216 cm³/mol. The van der Waals surface area contributed by atoms with E-state index in [-0.39, 0.29) is 0 Å². The van der Waals surface area contributed by atoms with Crippen LogP contribution in [-0.4, -0.2) is 17.3 Å². The minimum Gasteiger partial charge on any atom is -0.313 e. The van der Waals surface area contributed by atoms with Crippen LogP contribution in [0.3, 0.4) is 0 Å². The normalized spacial score (nSPS) is 12.5. The second kappa shape index (κ2) is 12.1. The first kappa shape index (κ1) is 29.4. The molecule has 0 atom stereocenters. The summed E-state index contributed by atoms with van der Waals surface area (Å²) in [5.74, 6) is 0. The zero-order chi connectivity index (χ0) is 33.7. The van der Waals surface area contributed by atoms with Crippen molar-refractivity contribution in [2.45, 2.75) is 6.42 Å². The second-order valence-corrected chi connectivity index (χ2v) is 13.4. The maximum Gasteiger partial charge on any atom is 0.0538 e. The quantitative estimate of drug-likeness (QED) is 0.165. The lowest BCUT2D eigenvalue weighted by Crippen LogP contribution is -2.07. The molecule has 240 valence electrons. The number of aromatic nitrogens is 1. The van der Waals surface area contributed by atoms with Gasteiger partial charge in [-0.25, -0.2) is 0 Å². The molecular formula is C49H34N2. The van der Waals surface area contributed by atoms with Gasteiger partial charge in [0.2, 0.25) is 0 Å². The number of nitrogens with zero attached hydrogens (tertiary/aromatic N) is 2. The topological polar surface area (TPSA) is 17.3 Å². The number of benzene rings is 8. The van der Waals surface area contributed by atoms with Crippen molar-refractivity contribution in [1.82, 2.24) is 4.57 Å². The Morgan fingerprint density at radius 2 is 0.882 bits per heavy atom. The van der Waals surface area contributed by atoms with E-state index in [4.69, 9.17) is 0 Å². The Morgan fingerprint density at radius 1 is 0.392 bits per heavy atom. The zero-order valence-electron chi connectivity index (χ0n) is 28.1. The summed E-state index contributed by atoms with van der Waals surface area (Å²) in [5.41, 5.74) is 14.9. The van der Waals surface area contributed by atoms with E-state index < -0.39 is 0 Å². The maximum atomic E-state index is 4.67. The molecule has 0 spiro atoms. The van der Waals surface area contributed by atoms with Crippen LogP contribution in [-0.2, 0) is 6.42 Å². The van der Waals surface area contributed by atoms with Crippen LogP contribution in [0.1, 0.15) is 11.3 Å². The Hall–Kier alpha value is -6.51. The minimum atomic E-state index is 0.829. The lowest BCUT2D eigenvalue weighted by Gasteiger charge is -2.18. The summed E-state index contributed by atoms with van der Waals surface area (Å²) in [5, 5.41) is 6.33. The lowest BCUT2D eigenvalue weighted by atomic mass is 9.85. The van der Waals surface area contributed by atoms with Gasteiger partial charge in [-0.3, -0.25) is 4.99 Å². The van der Waals surface area contributed by atoms with Crippen LogP contribution in [0.5, 0.6) is 0 Å². The molecule has 8 aromatic carbocycles. The van der Waals surface area contributed by atoms with Crippen LogP contribution in [0.2, 0.25) is 0 Å². The summed E-state index contributed by atoms with van der Waals surface area (Å²) in [6.45, 7) is 0.829. The molecule has 0 unspecified atom stereocenters. The van der Waals surface area contributed by atoms with Crippen molar-refractivity contribution in [3.05, 3.63) is 187 Å².